The number of nitrogens with zero attached hydrogens (tertiary/aromatic N) is 5. The molecule has 0 radical (unpaired) electrons. The predicted molar refractivity (Wildman–Crippen MR) is 121 cm³/mol. The first-order valence-corrected chi connectivity index (χ1v) is 10.5. The number of carbonyl (C=O) groups is 1. The van der Waals surface area contributed by atoms with Gasteiger partial charge in [0.25, 0.3) is 5.56 Å². The number of aromatic nitrogens is 3. The van der Waals surface area contributed by atoms with Crippen molar-refractivity contribution in [2.75, 3.05) is 5.32 Å². The van der Waals surface area contributed by atoms with E-state index in [-0.39, 0.29) is 16.9 Å². The van der Waals surface area contributed by atoms with Gasteiger partial charge in [0.05, 0.1) is 11.3 Å². The van der Waals surface area contributed by atoms with Gasteiger partial charge >= 0.3 is 0 Å². The minimum atomic E-state index is -0.636. The Morgan fingerprint density at radius 1 is 1.09 bits per heavy atom. The summed E-state index contributed by atoms with van der Waals surface area (Å²) in [6.07, 6.45) is 0.987. The molecule has 0 spiro atoms. The van der Waals surface area contributed by atoms with Crippen LogP contribution in [0.1, 0.15) is 47.5 Å². The van der Waals surface area contributed by atoms with Crippen molar-refractivity contribution in [1.82, 2.24) is 14.3 Å². The Hall–Kier alpha value is -4.24. The van der Waals surface area contributed by atoms with Crippen LogP contribution in [-0.2, 0) is 24.2 Å². The number of nitrogens with one attached hydrogen (secondary N) is 1. The average molecular weight is 446 g/mol. The molecule has 1 amide bonds. The van der Waals surface area contributed by atoms with Crippen LogP contribution in [0.4, 0.5) is 10.2 Å². The van der Waals surface area contributed by atoms with Crippen LogP contribution in [0.25, 0.3) is 5.69 Å². The highest BCUT2D eigenvalue weighted by Gasteiger charge is 2.22. The summed E-state index contributed by atoms with van der Waals surface area (Å²) >= 11 is 0. The van der Waals surface area contributed by atoms with E-state index in [1.165, 1.54) is 12.1 Å². The zero-order valence-corrected chi connectivity index (χ0v) is 18.9. The van der Waals surface area contributed by atoms with Gasteiger partial charge in [0.1, 0.15) is 35.9 Å². The Morgan fingerprint density at radius 3 is 2.27 bits per heavy atom. The number of rotatable bonds is 6. The van der Waals surface area contributed by atoms with Gasteiger partial charge in [-0.25, -0.2) is 9.07 Å². The summed E-state index contributed by atoms with van der Waals surface area (Å²) in [5.41, 5.74) is 2.72. The number of hydrogen-bond acceptors (Lipinski definition) is 5. The Morgan fingerprint density at radius 2 is 1.73 bits per heavy atom. The molecule has 2 aromatic heterocycles. The lowest BCUT2D eigenvalue weighted by Crippen LogP contribution is -2.33. The molecule has 8 nitrogen and oxygen atoms in total. The number of anilines is 1. The monoisotopic (exact) mass is 446 g/mol. The van der Waals surface area contributed by atoms with Gasteiger partial charge in [-0.3, -0.25) is 14.2 Å². The molecule has 2 heterocycles. The van der Waals surface area contributed by atoms with E-state index in [1.54, 1.807) is 30.5 Å². The third kappa shape index (κ3) is 4.26. The van der Waals surface area contributed by atoms with Crippen molar-refractivity contribution in [2.45, 2.75) is 47.1 Å². The van der Waals surface area contributed by atoms with Crippen LogP contribution in [-0.4, -0.2) is 20.3 Å². The summed E-state index contributed by atoms with van der Waals surface area (Å²) in [4.78, 5) is 25.7. The minimum absolute atomic E-state index is 0.0174. The van der Waals surface area contributed by atoms with Gasteiger partial charge in [-0.2, -0.15) is 15.6 Å². The molecule has 0 atom stereocenters. The van der Waals surface area contributed by atoms with E-state index >= 15 is 0 Å². The van der Waals surface area contributed by atoms with Crippen LogP contribution in [0.15, 0.2) is 29.1 Å². The van der Waals surface area contributed by atoms with E-state index in [1.807, 2.05) is 19.9 Å². The van der Waals surface area contributed by atoms with Gasteiger partial charge in [0.2, 0.25) is 5.91 Å². The molecular weight excluding hydrogens is 423 g/mol. The highest BCUT2D eigenvalue weighted by molar-refractivity contribution is 5.92. The highest BCUT2D eigenvalue weighted by Crippen LogP contribution is 2.30. The Balaban J connectivity index is 2.04. The summed E-state index contributed by atoms with van der Waals surface area (Å²) in [7, 11) is 0. The van der Waals surface area contributed by atoms with Crippen molar-refractivity contribution in [3.8, 4) is 17.8 Å². The standard InChI is InChI=1S/C24H23FN6O2/c1-5-18-20(12-27)24(33)30(29-21(18)6-2)13-22(32)28-23-19(11-26)14(3)15(4)31(23)17-9-7-16(25)8-10-17/h7-10H,5-6,13H2,1-4H3,(H,28,32). The van der Waals surface area contributed by atoms with Gasteiger partial charge in [-0.1, -0.05) is 13.8 Å². The number of amides is 1. The van der Waals surface area contributed by atoms with Crippen LogP contribution >= 0.6 is 0 Å². The molecule has 1 aromatic carbocycles. The average Bonchev–Trinajstić information content (AvgIpc) is 3.04. The lowest BCUT2D eigenvalue weighted by atomic mass is 10.0. The third-order valence-corrected chi connectivity index (χ3v) is 5.60. The molecule has 0 fully saturated rings. The molecule has 168 valence electrons. The summed E-state index contributed by atoms with van der Waals surface area (Å²) in [6, 6.07) is 9.70. The molecule has 9 heteroatoms. The van der Waals surface area contributed by atoms with Crippen molar-refractivity contribution in [1.29, 1.82) is 10.5 Å². The maximum absolute atomic E-state index is 13.4. The first kappa shape index (κ1) is 23.4. The van der Waals surface area contributed by atoms with E-state index in [2.05, 4.69) is 16.5 Å². The SMILES string of the molecule is CCc1nn(CC(=O)Nc2c(C#N)c(C)c(C)n2-c2ccc(F)cc2)c(=O)c(C#N)c1CC. The van der Waals surface area contributed by atoms with E-state index in [0.29, 0.717) is 41.0 Å². The van der Waals surface area contributed by atoms with Crippen molar-refractivity contribution in [3.05, 3.63) is 74.1 Å². The summed E-state index contributed by atoms with van der Waals surface area (Å²) < 4.78 is 16.1. The van der Waals surface area contributed by atoms with E-state index in [9.17, 15) is 24.5 Å². The summed E-state index contributed by atoms with van der Waals surface area (Å²) in [5, 5.41) is 26.2. The number of benzene rings is 1. The lowest BCUT2D eigenvalue weighted by Gasteiger charge is -2.14. The molecule has 1 N–H and O–H groups in total. The molecule has 3 aromatic rings. The fraction of sp³-hybridized carbons (Fsp3) is 0.292. The second-order valence-corrected chi connectivity index (χ2v) is 7.49. The Bertz CT molecular complexity index is 1370. The lowest BCUT2D eigenvalue weighted by molar-refractivity contribution is -0.117. The molecule has 0 unspecified atom stereocenters. The third-order valence-electron chi connectivity index (χ3n) is 5.60. The second-order valence-electron chi connectivity index (χ2n) is 7.49. The van der Waals surface area contributed by atoms with Crippen LogP contribution < -0.4 is 10.9 Å². The number of carbonyl (C=O) groups excluding carboxylic acids is 1. The molecule has 0 aliphatic rings. The van der Waals surface area contributed by atoms with Gasteiger partial charge in [0.15, 0.2) is 0 Å². The first-order chi connectivity index (χ1) is 15.8. The number of hydrogen-bond donors (Lipinski definition) is 1. The van der Waals surface area contributed by atoms with Gasteiger partial charge in [-0.05, 0) is 62.1 Å². The van der Waals surface area contributed by atoms with E-state index < -0.39 is 23.8 Å². The molecule has 0 bridgehead atoms. The molecule has 0 aliphatic heterocycles. The maximum Gasteiger partial charge on any atom is 0.285 e. The zero-order chi connectivity index (χ0) is 24.3. The predicted octanol–water partition coefficient (Wildman–Crippen LogP) is 3.30. The number of aryl methyl sites for hydroxylation is 1. The molecule has 0 aliphatic carbocycles. The molecule has 0 saturated heterocycles. The Kier molecular flexibility index (Phi) is 6.74. The maximum atomic E-state index is 13.4. The van der Waals surface area contributed by atoms with E-state index in [0.717, 1.165) is 4.68 Å². The fourth-order valence-corrected chi connectivity index (χ4v) is 3.82. The second kappa shape index (κ2) is 9.49. The fourth-order valence-electron chi connectivity index (χ4n) is 3.82. The van der Waals surface area contributed by atoms with Crippen molar-refractivity contribution in [3.63, 3.8) is 0 Å². The summed E-state index contributed by atoms with van der Waals surface area (Å²) in [6.45, 7) is 6.81. The van der Waals surface area contributed by atoms with Crippen LogP contribution in [0.5, 0.6) is 0 Å². The van der Waals surface area contributed by atoms with Crippen LogP contribution in [0.3, 0.4) is 0 Å². The van der Waals surface area contributed by atoms with Crippen molar-refractivity contribution in [2.24, 2.45) is 0 Å². The highest BCUT2D eigenvalue weighted by atomic mass is 19.1. The number of halogens is 1. The quantitative estimate of drug-likeness (QED) is 0.624. The van der Waals surface area contributed by atoms with Crippen molar-refractivity contribution < 1.29 is 9.18 Å². The molecular formula is C24H23FN6O2. The smallest absolute Gasteiger partial charge is 0.285 e. The molecule has 33 heavy (non-hydrogen) atoms. The van der Waals surface area contributed by atoms with E-state index in [4.69, 9.17) is 0 Å². The summed E-state index contributed by atoms with van der Waals surface area (Å²) in [5.74, 6) is -0.775. The van der Waals surface area contributed by atoms with Crippen LogP contribution in [0.2, 0.25) is 0 Å². The minimum Gasteiger partial charge on any atom is -0.309 e. The van der Waals surface area contributed by atoms with Crippen molar-refractivity contribution >= 4 is 11.7 Å². The topological polar surface area (TPSA) is 116 Å². The largest absolute Gasteiger partial charge is 0.309 e. The molecule has 0 saturated carbocycles. The first-order valence-electron chi connectivity index (χ1n) is 10.5. The zero-order valence-electron chi connectivity index (χ0n) is 18.9. The van der Waals surface area contributed by atoms with Gasteiger partial charge in [0, 0.05) is 11.4 Å². The Labute approximate surface area is 190 Å². The normalized spacial score (nSPS) is 10.5. The van der Waals surface area contributed by atoms with Crippen LogP contribution in [0, 0.1) is 42.3 Å². The van der Waals surface area contributed by atoms with Gasteiger partial charge in [-0.15, -0.1) is 0 Å². The molecule has 3 rings (SSSR count). The number of nitriles is 2. The van der Waals surface area contributed by atoms with Gasteiger partial charge < -0.3 is 5.32 Å².